The van der Waals surface area contributed by atoms with Gasteiger partial charge in [0.1, 0.15) is 5.82 Å². The SMILES string of the molecule is Cc1cc(C(CC2=CCCCC2)NN)ccc1F. The van der Waals surface area contributed by atoms with E-state index in [-0.39, 0.29) is 11.9 Å². The van der Waals surface area contributed by atoms with Crippen molar-refractivity contribution in [3.05, 3.63) is 46.8 Å². The van der Waals surface area contributed by atoms with Gasteiger partial charge in [-0.15, -0.1) is 0 Å². The molecule has 2 rings (SSSR count). The van der Waals surface area contributed by atoms with Crippen LogP contribution >= 0.6 is 0 Å². The molecular weight excluding hydrogens is 227 g/mol. The second-order valence-electron chi connectivity index (χ2n) is 5.04. The number of benzene rings is 1. The summed E-state index contributed by atoms with van der Waals surface area (Å²) in [4.78, 5) is 0. The van der Waals surface area contributed by atoms with Gasteiger partial charge in [0.05, 0.1) is 0 Å². The number of hydrogen-bond acceptors (Lipinski definition) is 2. The summed E-state index contributed by atoms with van der Waals surface area (Å²) in [6.07, 6.45) is 8.14. The molecule has 2 nitrogen and oxygen atoms in total. The van der Waals surface area contributed by atoms with Crippen molar-refractivity contribution >= 4 is 0 Å². The van der Waals surface area contributed by atoms with Gasteiger partial charge in [-0.1, -0.05) is 23.8 Å². The molecule has 18 heavy (non-hydrogen) atoms. The minimum Gasteiger partial charge on any atom is -0.271 e. The molecule has 98 valence electrons. The average Bonchev–Trinajstić information content (AvgIpc) is 2.40. The Labute approximate surface area is 108 Å². The lowest BCUT2D eigenvalue weighted by atomic mass is 9.91. The summed E-state index contributed by atoms with van der Waals surface area (Å²) >= 11 is 0. The number of rotatable bonds is 4. The fourth-order valence-corrected chi connectivity index (χ4v) is 2.51. The maximum atomic E-state index is 13.3. The van der Waals surface area contributed by atoms with E-state index < -0.39 is 0 Å². The van der Waals surface area contributed by atoms with Gasteiger partial charge in [0.15, 0.2) is 0 Å². The number of halogens is 1. The molecule has 1 aliphatic rings. The summed E-state index contributed by atoms with van der Waals surface area (Å²) in [5, 5.41) is 0. The van der Waals surface area contributed by atoms with Crippen LogP contribution in [0.1, 0.15) is 49.3 Å². The summed E-state index contributed by atoms with van der Waals surface area (Å²) in [7, 11) is 0. The van der Waals surface area contributed by atoms with Crippen molar-refractivity contribution < 1.29 is 4.39 Å². The predicted octanol–water partition coefficient (Wildman–Crippen LogP) is 3.53. The number of nitrogens with one attached hydrogen (secondary N) is 1. The largest absolute Gasteiger partial charge is 0.271 e. The third-order valence-electron chi connectivity index (χ3n) is 3.64. The third kappa shape index (κ3) is 3.18. The van der Waals surface area contributed by atoms with Gasteiger partial charge in [-0.25, -0.2) is 4.39 Å². The Hall–Kier alpha value is -1.19. The zero-order chi connectivity index (χ0) is 13.0. The van der Waals surface area contributed by atoms with Crippen LogP contribution in [0.15, 0.2) is 29.8 Å². The van der Waals surface area contributed by atoms with Crippen molar-refractivity contribution in [1.82, 2.24) is 5.43 Å². The summed E-state index contributed by atoms with van der Waals surface area (Å²) in [5.41, 5.74) is 6.04. The molecule has 1 aromatic rings. The number of aryl methyl sites for hydroxylation is 1. The highest BCUT2D eigenvalue weighted by molar-refractivity contribution is 5.27. The Balaban J connectivity index is 2.12. The Bertz CT molecular complexity index is 440. The highest BCUT2D eigenvalue weighted by atomic mass is 19.1. The molecule has 0 radical (unpaired) electrons. The quantitative estimate of drug-likeness (QED) is 0.486. The molecule has 0 heterocycles. The van der Waals surface area contributed by atoms with Gasteiger partial charge in [0, 0.05) is 6.04 Å². The van der Waals surface area contributed by atoms with Gasteiger partial charge in [-0.05, 0) is 56.2 Å². The van der Waals surface area contributed by atoms with E-state index in [9.17, 15) is 4.39 Å². The second-order valence-corrected chi connectivity index (χ2v) is 5.04. The fraction of sp³-hybridized carbons (Fsp3) is 0.467. The van der Waals surface area contributed by atoms with Crippen molar-refractivity contribution in [1.29, 1.82) is 0 Å². The number of hydrogen-bond donors (Lipinski definition) is 2. The van der Waals surface area contributed by atoms with Crippen LogP contribution in [0, 0.1) is 12.7 Å². The van der Waals surface area contributed by atoms with Crippen LogP contribution in [0.3, 0.4) is 0 Å². The Morgan fingerprint density at radius 3 is 2.83 bits per heavy atom. The topological polar surface area (TPSA) is 38.0 Å². The van der Waals surface area contributed by atoms with E-state index in [1.807, 2.05) is 12.1 Å². The first-order chi connectivity index (χ1) is 8.70. The predicted molar refractivity (Wildman–Crippen MR) is 72.4 cm³/mol. The van der Waals surface area contributed by atoms with Crippen LogP contribution in [0.4, 0.5) is 4.39 Å². The van der Waals surface area contributed by atoms with E-state index in [4.69, 9.17) is 5.84 Å². The van der Waals surface area contributed by atoms with Gasteiger partial charge in [-0.3, -0.25) is 11.3 Å². The lowest BCUT2D eigenvalue weighted by molar-refractivity contribution is 0.526. The number of nitrogens with two attached hydrogens (primary N) is 1. The normalized spacial score (nSPS) is 17.4. The minimum atomic E-state index is -0.161. The molecule has 1 aliphatic carbocycles. The Morgan fingerprint density at radius 2 is 2.22 bits per heavy atom. The smallest absolute Gasteiger partial charge is 0.126 e. The average molecular weight is 248 g/mol. The lowest BCUT2D eigenvalue weighted by Gasteiger charge is -2.21. The van der Waals surface area contributed by atoms with Gasteiger partial charge in [-0.2, -0.15) is 0 Å². The van der Waals surface area contributed by atoms with Crippen molar-refractivity contribution in [2.45, 2.75) is 45.1 Å². The highest BCUT2D eigenvalue weighted by Gasteiger charge is 2.14. The maximum absolute atomic E-state index is 13.3. The van der Waals surface area contributed by atoms with E-state index in [1.54, 1.807) is 6.92 Å². The first kappa shape index (κ1) is 13.2. The van der Waals surface area contributed by atoms with Gasteiger partial charge in [0.2, 0.25) is 0 Å². The van der Waals surface area contributed by atoms with Crippen LogP contribution in [0.5, 0.6) is 0 Å². The standard InChI is InChI=1S/C15H21FN2/c1-11-9-13(7-8-14(11)16)15(18-17)10-12-5-3-2-4-6-12/h5,7-9,15,18H,2-4,6,10,17H2,1H3. The third-order valence-corrected chi connectivity index (χ3v) is 3.64. The van der Waals surface area contributed by atoms with Crippen molar-refractivity contribution in [3.8, 4) is 0 Å². The van der Waals surface area contributed by atoms with Crippen LogP contribution < -0.4 is 11.3 Å². The summed E-state index contributed by atoms with van der Waals surface area (Å²) in [6.45, 7) is 1.78. The molecule has 0 saturated carbocycles. The number of allylic oxidation sites excluding steroid dienone is 1. The summed E-state index contributed by atoms with van der Waals surface area (Å²) in [6, 6.07) is 5.29. The molecule has 0 bridgehead atoms. The van der Waals surface area contributed by atoms with E-state index in [2.05, 4.69) is 11.5 Å². The molecule has 1 aromatic carbocycles. The second kappa shape index (κ2) is 6.12. The van der Waals surface area contributed by atoms with Gasteiger partial charge >= 0.3 is 0 Å². The summed E-state index contributed by atoms with van der Waals surface area (Å²) in [5.74, 6) is 5.48. The molecule has 0 fully saturated rings. The molecule has 1 unspecified atom stereocenters. The molecule has 3 heteroatoms. The van der Waals surface area contributed by atoms with Crippen molar-refractivity contribution in [2.24, 2.45) is 5.84 Å². The number of hydrazine groups is 1. The molecule has 1 atom stereocenters. The Morgan fingerprint density at radius 1 is 1.39 bits per heavy atom. The zero-order valence-corrected chi connectivity index (χ0v) is 10.9. The molecule has 0 aromatic heterocycles. The summed E-state index contributed by atoms with van der Waals surface area (Å²) < 4.78 is 13.3. The monoisotopic (exact) mass is 248 g/mol. The van der Waals surface area contributed by atoms with Gasteiger partial charge < -0.3 is 0 Å². The van der Waals surface area contributed by atoms with Crippen molar-refractivity contribution in [2.75, 3.05) is 0 Å². The van der Waals surface area contributed by atoms with Crippen molar-refractivity contribution in [3.63, 3.8) is 0 Å². The van der Waals surface area contributed by atoms with E-state index in [1.165, 1.54) is 37.3 Å². The first-order valence-corrected chi connectivity index (χ1v) is 6.61. The maximum Gasteiger partial charge on any atom is 0.126 e. The molecule has 0 spiro atoms. The minimum absolute atomic E-state index is 0.0775. The van der Waals surface area contributed by atoms with E-state index in [0.29, 0.717) is 5.56 Å². The Kier molecular flexibility index (Phi) is 4.50. The lowest BCUT2D eigenvalue weighted by Crippen LogP contribution is -2.28. The molecule has 0 saturated heterocycles. The first-order valence-electron chi connectivity index (χ1n) is 6.61. The van der Waals surface area contributed by atoms with Crippen LogP contribution in [0.25, 0.3) is 0 Å². The fourth-order valence-electron chi connectivity index (χ4n) is 2.51. The van der Waals surface area contributed by atoms with Gasteiger partial charge in [0.25, 0.3) is 0 Å². The highest BCUT2D eigenvalue weighted by Crippen LogP contribution is 2.27. The molecule has 3 N–H and O–H groups in total. The van der Waals surface area contributed by atoms with Crippen LogP contribution in [-0.4, -0.2) is 0 Å². The van der Waals surface area contributed by atoms with Crippen LogP contribution in [0.2, 0.25) is 0 Å². The molecule has 0 aliphatic heterocycles. The van der Waals surface area contributed by atoms with E-state index in [0.717, 1.165) is 12.0 Å². The molecule has 0 amide bonds. The van der Waals surface area contributed by atoms with E-state index >= 15 is 0 Å². The zero-order valence-electron chi connectivity index (χ0n) is 10.9. The van der Waals surface area contributed by atoms with Crippen LogP contribution in [-0.2, 0) is 0 Å². The molecular formula is C15H21FN2.